The number of amides is 1. The van der Waals surface area contributed by atoms with Gasteiger partial charge in [0.2, 0.25) is 0 Å². The Morgan fingerprint density at radius 1 is 1.07 bits per heavy atom. The Balaban J connectivity index is 0.00000261. The SMILES string of the molecule is N#Cc1c(C(=O)NNC(=S)[S-])nn(-c2ccccc2)c1-c1ccccc1.[K+]. The third kappa shape index (κ3) is 5.00. The van der Waals surface area contributed by atoms with Gasteiger partial charge in [-0.2, -0.15) is 10.4 Å². The number of para-hydroxylation sites is 1. The summed E-state index contributed by atoms with van der Waals surface area (Å²) in [6.45, 7) is 0. The zero-order chi connectivity index (χ0) is 18.5. The summed E-state index contributed by atoms with van der Waals surface area (Å²) < 4.78 is 1.57. The number of nitriles is 1. The molecule has 1 aromatic heterocycles. The van der Waals surface area contributed by atoms with E-state index in [4.69, 9.17) is 24.8 Å². The van der Waals surface area contributed by atoms with E-state index >= 15 is 0 Å². The minimum atomic E-state index is -0.597. The molecule has 0 saturated carbocycles. The van der Waals surface area contributed by atoms with E-state index in [1.54, 1.807) is 4.68 Å². The maximum absolute atomic E-state index is 12.5. The van der Waals surface area contributed by atoms with Gasteiger partial charge in [0, 0.05) is 5.56 Å². The molecule has 2 aromatic carbocycles. The van der Waals surface area contributed by atoms with Crippen LogP contribution in [0, 0.1) is 11.3 Å². The van der Waals surface area contributed by atoms with Crippen molar-refractivity contribution < 1.29 is 56.2 Å². The summed E-state index contributed by atoms with van der Waals surface area (Å²) in [7, 11) is 0. The summed E-state index contributed by atoms with van der Waals surface area (Å²) in [4.78, 5) is 12.5. The Morgan fingerprint density at radius 2 is 1.67 bits per heavy atom. The summed E-state index contributed by atoms with van der Waals surface area (Å²) in [5, 5.41) is 14.1. The van der Waals surface area contributed by atoms with Crippen LogP contribution in [0.3, 0.4) is 0 Å². The van der Waals surface area contributed by atoms with Crippen LogP contribution in [-0.4, -0.2) is 20.0 Å². The number of benzene rings is 2. The standard InChI is InChI=1S/C18H13N5OS2.K/c19-11-14-15(17(24)20-21-18(25)26)22-23(13-9-5-2-6-10-13)16(14)12-7-3-1-4-8-12;/h1-10H,(H,20,24)(H2,21,25,26);/q;+1/p-1. The monoisotopic (exact) mass is 417 g/mol. The van der Waals surface area contributed by atoms with Crippen molar-refractivity contribution in [3.8, 4) is 23.0 Å². The van der Waals surface area contributed by atoms with Crippen molar-refractivity contribution in [3.05, 3.63) is 71.9 Å². The molecule has 9 heteroatoms. The number of hydrazine groups is 1. The van der Waals surface area contributed by atoms with Crippen molar-refractivity contribution in [2.75, 3.05) is 0 Å². The third-order valence-electron chi connectivity index (χ3n) is 3.54. The summed E-state index contributed by atoms with van der Waals surface area (Å²) in [5.41, 5.74) is 6.92. The van der Waals surface area contributed by atoms with Crippen LogP contribution in [0.5, 0.6) is 0 Å². The van der Waals surface area contributed by atoms with Crippen LogP contribution in [0.4, 0.5) is 0 Å². The molecule has 0 radical (unpaired) electrons. The Hall–Kier alpha value is -1.64. The zero-order valence-electron chi connectivity index (χ0n) is 14.3. The maximum atomic E-state index is 12.5. The number of carbonyl (C=O) groups is 1. The smallest absolute Gasteiger partial charge is 0.410 e. The van der Waals surface area contributed by atoms with E-state index in [1.807, 2.05) is 60.7 Å². The zero-order valence-corrected chi connectivity index (χ0v) is 19.1. The van der Waals surface area contributed by atoms with Crippen LogP contribution < -0.4 is 62.2 Å². The predicted octanol–water partition coefficient (Wildman–Crippen LogP) is -0.519. The average Bonchev–Trinajstić information content (AvgIpc) is 3.07. The number of hydrogen-bond donors (Lipinski definition) is 2. The first-order valence-corrected chi connectivity index (χ1v) is 8.34. The molecule has 0 atom stereocenters. The van der Waals surface area contributed by atoms with Gasteiger partial charge in [-0.05, 0) is 16.5 Å². The molecule has 6 nitrogen and oxygen atoms in total. The molecule has 1 amide bonds. The fraction of sp³-hybridized carbons (Fsp3) is 0. The van der Waals surface area contributed by atoms with Gasteiger partial charge in [-0.1, -0.05) is 48.5 Å². The van der Waals surface area contributed by atoms with Crippen molar-refractivity contribution in [2.24, 2.45) is 0 Å². The summed E-state index contributed by atoms with van der Waals surface area (Å²) in [6.07, 6.45) is 0. The van der Waals surface area contributed by atoms with Crippen LogP contribution in [0.1, 0.15) is 16.1 Å². The molecule has 3 rings (SSSR count). The molecule has 128 valence electrons. The van der Waals surface area contributed by atoms with E-state index in [1.165, 1.54) is 0 Å². The number of aromatic nitrogens is 2. The molecule has 27 heavy (non-hydrogen) atoms. The summed E-state index contributed by atoms with van der Waals surface area (Å²) in [6, 6.07) is 20.7. The van der Waals surface area contributed by atoms with E-state index in [9.17, 15) is 10.1 Å². The Labute approximate surface area is 209 Å². The van der Waals surface area contributed by atoms with Crippen LogP contribution >= 0.6 is 12.2 Å². The Bertz CT molecular complexity index is 1000. The second kappa shape index (κ2) is 10.1. The number of nitrogens with one attached hydrogen (secondary N) is 2. The molecule has 0 unspecified atom stereocenters. The van der Waals surface area contributed by atoms with Crippen LogP contribution in [0.15, 0.2) is 60.7 Å². The molecular weight excluding hydrogens is 405 g/mol. The van der Waals surface area contributed by atoms with E-state index in [0.717, 1.165) is 11.3 Å². The Kier molecular flexibility index (Phi) is 8.06. The number of hydrogen-bond acceptors (Lipinski definition) is 5. The first kappa shape index (κ1) is 21.7. The number of carbonyl (C=O) groups excluding carboxylic acids is 1. The fourth-order valence-electron chi connectivity index (χ4n) is 2.47. The van der Waals surface area contributed by atoms with Crippen molar-refractivity contribution in [1.29, 1.82) is 5.26 Å². The van der Waals surface area contributed by atoms with E-state index in [0.29, 0.717) is 5.69 Å². The van der Waals surface area contributed by atoms with Gasteiger partial charge in [0.15, 0.2) is 5.69 Å². The second-order valence-corrected chi connectivity index (χ2v) is 6.24. The number of rotatable bonds is 3. The molecule has 0 saturated heterocycles. The minimum Gasteiger partial charge on any atom is -0.410 e. The van der Waals surface area contributed by atoms with Crippen LogP contribution in [-0.2, 0) is 12.6 Å². The van der Waals surface area contributed by atoms with Crippen LogP contribution in [0.2, 0.25) is 0 Å². The molecule has 0 bridgehead atoms. The van der Waals surface area contributed by atoms with Gasteiger partial charge < -0.3 is 30.3 Å². The molecule has 2 N–H and O–H groups in total. The topological polar surface area (TPSA) is 82.7 Å². The van der Waals surface area contributed by atoms with Crippen LogP contribution in [0.25, 0.3) is 16.9 Å². The molecule has 0 aliphatic carbocycles. The minimum absolute atomic E-state index is 0. The first-order valence-electron chi connectivity index (χ1n) is 7.53. The summed E-state index contributed by atoms with van der Waals surface area (Å²) in [5.74, 6) is -0.597. The van der Waals surface area contributed by atoms with Gasteiger partial charge in [0.25, 0.3) is 5.91 Å². The second-order valence-electron chi connectivity index (χ2n) is 5.16. The van der Waals surface area contributed by atoms with Crippen molar-refractivity contribution in [1.82, 2.24) is 20.6 Å². The molecule has 0 fully saturated rings. The van der Waals surface area contributed by atoms with Crippen molar-refractivity contribution in [2.45, 2.75) is 0 Å². The number of nitrogens with zero attached hydrogens (tertiary/aromatic N) is 3. The Morgan fingerprint density at radius 3 is 2.22 bits per heavy atom. The van der Waals surface area contributed by atoms with E-state index in [2.05, 4.69) is 22.0 Å². The van der Waals surface area contributed by atoms with Gasteiger partial charge in [-0.3, -0.25) is 10.2 Å². The first-order chi connectivity index (χ1) is 12.6. The van der Waals surface area contributed by atoms with E-state index < -0.39 is 5.91 Å². The van der Waals surface area contributed by atoms with Gasteiger partial charge in [-0.15, -0.1) is 0 Å². The summed E-state index contributed by atoms with van der Waals surface area (Å²) >= 11 is 9.42. The van der Waals surface area contributed by atoms with Gasteiger partial charge in [0.05, 0.1) is 11.4 Å². The van der Waals surface area contributed by atoms with Gasteiger partial charge in [0.1, 0.15) is 11.6 Å². The molecule has 3 aromatic rings. The molecule has 0 spiro atoms. The van der Waals surface area contributed by atoms with Crippen molar-refractivity contribution in [3.63, 3.8) is 0 Å². The third-order valence-corrected chi connectivity index (χ3v) is 3.74. The number of thiocarbonyl (C=S) groups is 1. The molecular formula is C18H12KN5OS2. The molecule has 0 aliphatic heterocycles. The molecule has 0 aliphatic rings. The van der Waals surface area contributed by atoms with Crippen molar-refractivity contribution >= 4 is 35.1 Å². The van der Waals surface area contributed by atoms with E-state index in [-0.39, 0.29) is 67.0 Å². The largest absolute Gasteiger partial charge is 1.00 e. The van der Waals surface area contributed by atoms with Gasteiger partial charge in [-0.25, -0.2) is 4.68 Å². The normalized spacial score (nSPS) is 9.59. The molecule has 1 heterocycles. The predicted molar refractivity (Wildman–Crippen MR) is 104 cm³/mol. The maximum Gasteiger partial charge on any atom is 1.00 e. The van der Waals surface area contributed by atoms with Gasteiger partial charge >= 0.3 is 51.4 Å². The fourth-order valence-corrected chi connectivity index (χ4v) is 2.57. The quantitative estimate of drug-likeness (QED) is 0.258. The average molecular weight is 418 g/mol.